The van der Waals surface area contributed by atoms with Gasteiger partial charge in [-0.05, 0) is 35.2 Å². The molecule has 102 valence electrons. The lowest BCUT2D eigenvalue weighted by Crippen LogP contribution is -2.44. The highest BCUT2D eigenvalue weighted by Crippen LogP contribution is 2.45. The monoisotopic (exact) mass is 285 g/mol. The normalized spacial score (nSPS) is 14.7. The van der Waals surface area contributed by atoms with Gasteiger partial charge in [0.15, 0.2) is 0 Å². The van der Waals surface area contributed by atoms with Crippen molar-refractivity contribution in [2.45, 2.75) is 51.6 Å². The minimum atomic E-state index is -1.91. The average Bonchev–Trinajstić information content (AvgIpc) is 2.20. The first-order chi connectivity index (χ1) is 7.98. The molecular weight excluding hydrogens is 262 g/mol. The second-order valence-electron chi connectivity index (χ2n) is 6.60. The van der Waals surface area contributed by atoms with E-state index in [1.165, 1.54) is 0 Å². The third-order valence-corrected chi connectivity index (χ3v) is 10.2. The SMILES string of the molecule is Cc1cc(Cl)c(C(O)[Si](C)(C)C(C)(C)C)cc1N. The highest BCUT2D eigenvalue weighted by atomic mass is 35.5. The van der Waals surface area contributed by atoms with Gasteiger partial charge in [0, 0.05) is 10.7 Å². The number of nitrogen functional groups attached to an aromatic ring is 1. The average molecular weight is 286 g/mol. The Morgan fingerprint density at radius 3 is 2.22 bits per heavy atom. The summed E-state index contributed by atoms with van der Waals surface area (Å²) < 4.78 is 0. The van der Waals surface area contributed by atoms with Gasteiger partial charge in [-0.1, -0.05) is 45.5 Å². The van der Waals surface area contributed by atoms with Gasteiger partial charge < -0.3 is 10.8 Å². The van der Waals surface area contributed by atoms with Crippen LogP contribution in [0.4, 0.5) is 5.69 Å². The lowest BCUT2D eigenvalue weighted by atomic mass is 10.1. The van der Waals surface area contributed by atoms with E-state index >= 15 is 0 Å². The molecule has 1 unspecified atom stereocenters. The van der Waals surface area contributed by atoms with Crippen molar-refractivity contribution in [3.8, 4) is 0 Å². The summed E-state index contributed by atoms with van der Waals surface area (Å²) in [4.78, 5) is 0. The van der Waals surface area contributed by atoms with Gasteiger partial charge in [-0.3, -0.25) is 0 Å². The molecule has 0 amide bonds. The topological polar surface area (TPSA) is 46.2 Å². The molecule has 0 fully saturated rings. The number of aryl methyl sites for hydroxylation is 1. The van der Waals surface area contributed by atoms with Crippen molar-refractivity contribution in [1.82, 2.24) is 0 Å². The Balaban J connectivity index is 3.27. The van der Waals surface area contributed by atoms with Crippen LogP contribution in [0, 0.1) is 6.92 Å². The van der Waals surface area contributed by atoms with Crippen molar-refractivity contribution in [2.75, 3.05) is 5.73 Å². The number of hydrogen-bond acceptors (Lipinski definition) is 2. The van der Waals surface area contributed by atoms with Gasteiger partial charge in [0.05, 0.1) is 13.8 Å². The summed E-state index contributed by atoms with van der Waals surface area (Å²) in [5, 5.41) is 11.4. The molecule has 1 aromatic rings. The van der Waals surface area contributed by atoms with Crippen LogP contribution in [0.5, 0.6) is 0 Å². The molecule has 0 aliphatic rings. The van der Waals surface area contributed by atoms with Crippen molar-refractivity contribution in [1.29, 1.82) is 0 Å². The Bertz CT molecular complexity index is 452. The number of rotatable bonds is 2. The van der Waals surface area contributed by atoms with Crippen molar-refractivity contribution in [3.63, 3.8) is 0 Å². The third kappa shape index (κ3) is 2.73. The summed E-state index contributed by atoms with van der Waals surface area (Å²) in [5.74, 6) is 0. The molecule has 2 nitrogen and oxygen atoms in total. The van der Waals surface area contributed by atoms with E-state index in [-0.39, 0.29) is 5.04 Å². The van der Waals surface area contributed by atoms with Crippen LogP contribution in [0.25, 0.3) is 0 Å². The Labute approximate surface area is 116 Å². The molecule has 3 N–H and O–H groups in total. The van der Waals surface area contributed by atoms with E-state index in [1.807, 2.05) is 19.1 Å². The lowest BCUT2D eigenvalue weighted by Gasteiger charge is -2.41. The van der Waals surface area contributed by atoms with E-state index in [0.29, 0.717) is 10.7 Å². The van der Waals surface area contributed by atoms with Gasteiger partial charge in [0.25, 0.3) is 0 Å². The predicted octanol–water partition coefficient (Wildman–Crippen LogP) is 4.31. The first kappa shape index (κ1) is 15.5. The van der Waals surface area contributed by atoms with Crippen LogP contribution in [0.15, 0.2) is 12.1 Å². The summed E-state index contributed by atoms with van der Waals surface area (Å²) in [6.07, 6.45) is 0. The van der Waals surface area contributed by atoms with Crippen LogP contribution >= 0.6 is 11.6 Å². The Morgan fingerprint density at radius 1 is 1.28 bits per heavy atom. The molecule has 1 atom stereocenters. The molecule has 0 aliphatic carbocycles. The number of aliphatic hydroxyl groups is 1. The lowest BCUT2D eigenvalue weighted by molar-refractivity contribution is 0.243. The molecule has 0 heterocycles. The van der Waals surface area contributed by atoms with E-state index in [1.54, 1.807) is 0 Å². The largest absolute Gasteiger partial charge is 0.399 e. The molecule has 1 rings (SSSR count). The quantitative estimate of drug-likeness (QED) is 0.628. The molecule has 0 spiro atoms. The molecule has 1 aromatic carbocycles. The molecule has 4 heteroatoms. The summed E-state index contributed by atoms with van der Waals surface area (Å²) in [6, 6.07) is 3.66. The van der Waals surface area contributed by atoms with Crippen molar-refractivity contribution in [3.05, 3.63) is 28.3 Å². The van der Waals surface area contributed by atoms with Crippen LogP contribution < -0.4 is 5.73 Å². The van der Waals surface area contributed by atoms with Crippen LogP contribution in [-0.2, 0) is 0 Å². The predicted molar refractivity (Wildman–Crippen MR) is 82.8 cm³/mol. The van der Waals surface area contributed by atoms with Crippen LogP contribution in [-0.4, -0.2) is 13.2 Å². The number of halogens is 1. The van der Waals surface area contributed by atoms with Crippen molar-refractivity contribution in [2.24, 2.45) is 0 Å². The maximum absolute atomic E-state index is 10.7. The standard InChI is InChI=1S/C14H24ClNOSi/c1-9-7-11(15)10(8-12(9)16)13(17)18(5,6)14(2,3)4/h7-8,13,17H,16H2,1-6H3. The maximum Gasteiger partial charge on any atom is 0.0922 e. The Morgan fingerprint density at radius 2 is 1.78 bits per heavy atom. The fraction of sp³-hybridized carbons (Fsp3) is 0.571. The number of benzene rings is 1. The van der Waals surface area contributed by atoms with Gasteiger partial charge in [-0.2, -0.15) is 0 Å². The fourth-order valence-corrected chi connectivity index (χ4v) is 3.97. The molecule has 0 bridgehead atoms. The number of nitrogens with two attached hydrogens (primary N) is 1. The highest BCUT2D eigenvalue weighted by Gasteiger charge is 2.43. The summed E-state index contributed by atoms with van der Waals surface area (Å²) >= 11 is 6.26. The Hall–Kier alpha value is -0.513. The number of anilines is 1. The van der Waals surface area contributed by atoms with E-state index < -0.39 is 13.8 Å². The van der Waals surface area contributed by atoms with Gasteiger partial charge in [0.2, 0.25) is 0 Å². The molecule has 0 radical (unpaired) electrons. The summed E-state index contributed by atoms with van der Waals surface area (Å²) in [7, 11) is -1.91. The number of hydrogen-bond donors (Lipinski definition) is 2. The minimum Gasteiger partial charge on any atom is -0.399 e. The molecule has 0 aromatic heterocycles. The smallest absolute Gasteiger partial charge is 0.0922 e. The summed E-state index contributed by atoms with van der Waals surface area (Å²) in [6.45, 7) is 12.8. The maximum atomic E-state index is 10.7. The first-order valence-corrected chi connectivity index (χ1v) is 9.67. The zero-order valence-electron chi connectivity index (χ0n) is 12.1. The second-order valence-corrected chi connectivity index (χ2v) is 12.5. The van der Waals surface area contributed by atoms with Crippen LogP contribution in [0.1, 0.15) is 37.6 Å². The highest BCUT2D eigenvalue weighted by molar-refractivity contribution is 6.81. The second kappa shape index (κ2) is 4.87. The van der Waals surface area contributed by atoms with E-state index in [0.717, 1.165) is 11.1 Å². The zero-order chi connectivity index (χ0) is 14.3. The van der Waals surface area contributed by atoms with Crippen LogP contribution in [0.2, 0.25) is 23.2 Å². The van der Waals surface area contributed by atoms with Crippen molar-refractivity contribution < 1.29 is 5.11 Å². The third-order valence-electron chi connectivity index (χ3n) is 4.30. The van der Waals surface area contributed by atoms with Crippen molar-refractivity contribution >= 4 is 25.4 Å². The molecule has 0 saturated heterocycles. The first-order valence-electron chi connectivity index (χ1n) is 6.22. The molecular formula is C14H24ClNOSi. The Kier molecular flexibility index (Phi) is 4.21. The number of aliphatic hydroxyl groups excluding tert-OH is 1. The van der Waals surface area contributed by atoms with Gasteiger partial charge in [-0.25, -0.2) is 0 Å². The fourth-order valence-electron chi connectivity index (χ4n) is 1.72. The zero-order valence-corrected chi connectivity index (χ0v) is 13.9. The molecule has 0 aliphatic heterocycles. The van der Waals surface area contributed by atoms with E-state index in [4.69, 9.17) is 17.3 Å². The summed E-state index contributed by atoms with van der Waals surface area (Å²) in [5.41, 5.74) is 7.83. The van der Waals surface area contributed by atoms with Gasteiger partial charge in [0.1, 0.15) is 0 Å². The molecule has 0 saturated carbocycles. The van der Waals surface area contributed by atoms with Gasteiger partial charge >= 0.3 is 0 Å². The van der Waals surface area contributed by atoms with E-state index in [9.17, 15) is 5.11 Å². The van der Waals surface area contributed by atoms with Crippen LogP contribution in [0.3, 0.4) is 0 Å². The van der Waals surface area contributed by atoms with Gasteiger partial charge in [-0.15, -0.1) is 0 Å². The molecule has 18 heavy (non-hydrogen) atoms. The minimum absolute atomic E-state index is 0.0927. The van der Waals surface area contributed by atoms with E-state index in [2.05, 4.69) is 33.9 Å².